The van der Waals surface area contributed by atoms with Crippen LogP contribution in [0.1, 0.15) is 12.5 Å². The van der Waals surface area contributed by atoms with Crippen LogP contribution in [-0.4, -0.2) is 26.5 Å². The van der Waals surface area contributed by atoms with Gasteiger partial charge >= 0.3 is 11.9 Å². The normalized spacial score (nSPS) is 11.1. The fourth-order valence-electron chi connectivity index (χ4n) is 2.51. The minimum absolute atomic E-state index is 0.169. The summed E-state index contributed by atoms with van der Waals surface area (Å²) in [6.45, 7) is 2.15. The largest absolute Gasteiger partial charge is 0.492 e. The first kappa shape index (κ1) is 22.0. The average Bonchev–Trinajstić information content (AvgIpc) is 2.70. The van der Waals surface area contributed by atoms with Gasteiger partial charge in [0.05, 0.1) is 27.8 Å². The summed E-state index contributed by atoms with van der Waals surface area (Å²) < 4.78 is 43.9. The highest BCUT2D eigenvalue weighted by molar-refractivity contribution is 6.33. The van der Waals surface area contributed by atoms with Crippen molar-refractivity contribution in [3.05, 3.63) is 63.6 Å². The van der Waals surface area contributed by atoms with Crippen molar-refractivity contribution in [3.63, 3.8) is 0 Å². The molecular formula is C18H14ClF3N6O3. The number of para-hydroxylation sites is 2. The van der Waals surface area contributed by atoms with E-state index in [0.29, 0.717) is 30.3 Å². The fourth-order valence-corrected chi connectivity index (χ4v) is 2.72. The van der Waals surface area contributed by atoms with E-state index in [9.17, 15) is 23.3 Å². The summed E-state index contributed by atoms with van der Waals surface area (Å²) in [5.74, 6) is -0.278. The molecule has 0 radical (unpaired) electrons. The third-order valence-electron chi connectivity index (χ3n) is 3.85. The molecule has 2 aromatic heterocycles. The lowest BCUT2D eigenvalue weighted by atomic mass is 10.2. The minimum Gasteiger partial charge on any atom is -0.492 e. The Kier molecular flexibility index (Phi) is 6.39. The summed E-state index contributed by atoms with van der Waals surface area (Å²) >= 11 is 5.87. The van der Waals surface area contributed by atoms with Gasteiger partial charge in [0, 0.05) is 6.20 Å². The maximum absolute atomic E-state index is 12.8. The first-order valence-corrected chi connectivity index (χ1v) is 9.06. The summed E-state index contributed by atoms with van der Waals surface area (Å²) in [6, 6.07) is 7.39. The monoisotopic (exact) mass is 454 g/mol. The molecular weight excluding hydrogens is 441 g/mol. The second kappa shape index (κ2) is 9.00. The molecule has 1 aromatic carbocycles. The molecule has 0 fully saturated rings. The maximum atomic E-state index is 12.8. The van der Waals surface area contributed by atoms with Crippen molar-refractivity contribution < 1.29 is 22.8 Å². The molecule has 0 saturated heterocycles. The van der Waals surface area contributed by atoms with Gasteiger partial charge in [-0.3, -0.25) is 10.1 Å². The van der Waals surface area contributed by atoms with Gasteiger partial charge in [0.15, 0.2) is 5.82 Å². The van der Waals surface area contributed by atoms with E-state index >= 15 is 0 Å². The molecule has 0 amide bonds. The van der Waals surface area contributed by atoms with Crippen molar-refractivity contribution in [1.82, 2.24) is 15.0 Å². The Morgan fingerprint density at radius 3 is 2.42 bits per heavy atom. The summed E-state index contributed by atoms with van der Waals surface area (Å²) in [5.41, 5.74) is -1.20. The molecule has 0 bridgehead atoms. The fraction of sp³-hybridized carbons (Fsp3) is 0.167. The highest BCUT2D eigenvalue weighted by atomic mass is 35.5. The molecule has 0 aliphatic carbocycles. The number of rotatable bonds is 7. The average molecular weight is 455 g/mol. The SMILES string of the molecule is CCOc1ccccc1Nc1ncnc(Nc2ncc(C(F)(F)F)cc2Cl)c1[N+](=O)[O-]. The quantitative estimate of drug-likeness (QED) is 0.363. The lowest BCUT2D eigenvalue weighted by molar-refractivity contribution is -0.383. The van der Waals surface area contributed by atoms with Gasteiger partial charge in [-0.2, -0.15) is 13.2 Å². The number of aromatic nitrogens is 3. The van der Waals surface area contributed by atoms with Gasteiger partial charge in [-0.05, 0) is 25.1 Å². The molecule has 0 saturated carbocycles. The molecule has 3 rings (SSSR count). The highest BCUT2D eigenvalue weighted by Gasteiger charge is 2.32. The maximum Gasteiger partial charge on any atom is 0.417 e. The molecule has 3 aromatic rings. The Labute approximate surface area is 178 Å². The van der Waals surface area contributed by atoms with E-state index < -0.39 is 22.4 Å². The van der Waals surface area contributed by atoms with E-state index in [0.717, 1.165) is 6.33 Å². The second-order valence-electron chi connectivity index (χ2n) is 5.91. The van der Waals surface area contributed by atoms with Gasteiger partial charge in [0.25, 0.3) is 0 Å². The molecule has 0 unspecified atom stereocenters. The smallest absolute Gasteiger partial charge is 0.417 e. The molecule has 13 heteroatoms. The van der Waals surface area contributed by atoms with Crippen LogP contribution in [0.4, 0.5) is 42.0 Å². The number of nitrogens with one attached hydrogen (secondary N) is 2. The van der Waals surface area contributed by atoms with Gasteiger partial charge in [0.2, 0.25) is 11.6 Å². The van der Waals surface area contributed by atoms with Gasteiger partial charge in [0.1, 0.15) is 12.1 Å². The van der Waals surface area contributed by atoms with E-state index in [2.05, 4.69) is 25.6 Å². The van der Waals surface area contributed by atoms with Crippen molar-refractivity contribution in [2.75, 3.05) is 17.2 Å². The first-order chi connectivity index (χ1) is 14.7. The van der Waals surface area contributed by atoms with Crippen molar-refractivity contribution in [3.8, 4) is 5.75 Å². The highest BCUT2D eigenvalue weighted by Crippen LogP contribution is 2.37. The van der Waals surface area contributed by atoms with Gasteiger partial charge < -0.3 is 15.4 Å². The van der Waals surface area contributed by atoms with Gasteiger partial charge in [-0.15, -0.1) is 0 Å². The number of hydrogen-bond acceptors (Lipinski definition) is 8. The van der Waals surface area contributed by atoms with Crippen LogP contribution in [0.25, 0.3) is 0 Å². The predicted molar refractivity (Wildman–Crippen MR) is 107 cm³/mol. The van der Waals surface area contributed by atoms with Crippen LogP contribution in [0.15, 0.2) is 42.9 Å². The van der Waals surface area contributed by atoms with Crippen LogP contribution in [0.3, 0.4) is 0 Å². The Hall–Kier alpha value is -3.67. The van der Waals surface area contributed by atoms with Crippen LogP contribution >= 0.6 is 11.6 Å². The topological polar surface area (TPSA) is 115 Å². The predicted octanol–water partition coefficient (Wildman–Crippen LogP) is 5.34. The van der Waals surface area contributed by atoms with Crippen molar-refractivity contribution in [2.45, 2.75) is 13.1 Å². The summed E-state index contributed by atoms with van der Waals surface area (Å²) in [4.78, 5) is 22.3. The number of benzene rings is 1. The lowest BCUT2D eigenvalue weighted by Gasteiger charge is -2.13. The zero-order valence-electron chi connectivity index (χ0n) is 15.8. The Balaban J connectivity index is 1.98. The van der Waals surface area contributed by atoms with Crippen LogP contribution in [0.2, 0.25) is 5.02 Å². The van der Waals surface area contributed by atoms with Crippen molar-refractivity contribution >= 4 is 40.4 Å². The molecule has 0 aliphatic rings. The number of ether oxygens (including phenoxy) is 1. The number of halogens is 4. The molecule has 0 spiro atoms. The van der Waals surface area contributed by atoms with Crippen molar-refractivity contribution in [2.24, 2.45) is 0 Å². The third kappa shape index (κ3) is 5.09. The Morgan fingerprint density at radius 2 is 1.81 bits per heavy atom. The van der Waals surface area contributed by atoms with Crippen LogP contribution < -0.4 is 15.4 Å². The lowest BCUT2D eigenvalue weighted by Crippen LogP contribution is -2.09. The molecule has 0 atom stereocenters. The van der Waals surface area contributed by atoms with E-state index in [1.165, 1.54) is 0 Å². The third-order valence-corrected chi connectivity index (χ3v) is 4.14. The van der Waals surface area contributed by atoms with Crippen LogP contribution in [-0.2, 0) is 6.18 Å². The number of nitrogens with zero attached hydrogens (tertiary/aromatic N) is 4. The zero-order chi connectivity index (χ0) is 22.6. The second-order valence-corrected chi connectivity index (χ2v) is 6.32. The first-order valence-electron chi connectivity index (χ1n) is 8.68. The van der Waals surface area contributed by atoms with E-state index in [1.54, 1.807) is 31.2 Å². The van der Waals surface area contributed by atoms with Gasteiger partial charge in [-0.1, -0.05) is 23.7 Å². The number of anilines is 4. The van der Waals surface area contributed by atoms with E-state index in [1.807, 2.05) is 0 Å². The summed E-state index contributed by atoms with van der Waals surface area (Å²) in [6.07, 6.45) is -3.04. The zero-order valence-corrected chi connectivity index (χ0v) is 16.5. The number of hydrogen-bond donors (Lipinski definition) is 2. The van der Waals surface area contributed by atoms with Crippen LogP contribution in [0.5, 0.6) is 5.75 Å². The molecule has 2 N–H and O–H groups in total. The van der Waals surface area contributed by atoms with E-state index in [4.69, 9.17) is 16.3 Å². The number of nitro groups is 1. The number of pyridine rings is 1. The molecule has 2 heterocycles. The number of alkyl halides is 3. The van der Waals surface area contributed by atoms with E-state index in [-0.39, 0.29) is 22.5 Å². The summed E-state index contributed by atoms with van der Waals surface area (Å²) in [7, 11) is 0. The minimum atomic E-state index is -4.64. The van der Waals surface area contributed by atoms with Crippen molar-refractivity contribution in [1.29, 1.82) is 0 Å². The molecule has 31 heavy (non-hydrogen) atoms. The molecule has 9 nitrogen and oxygen atoms in total. The Bertz CT molecular complexity index is 1110. The molecule has 162 valence electrons. The standard InChI is InChI=1S/C18H14ClF3N6O3/c1-2-31-13-6-4-3-5-12(13)26-16-14(28(29)30)17(25-9-24-16)27-15-11(19)7-10(8-23-15)18(20,21)22/h3-9H,2H2,1H3,(H2,23,24,25,26,27). The Morgan fingerprint density at radius 1 is 1.13 bits per heavy atom. The van der Waals surface area contributed by atoms with Gasteiger partial charge in [-0.25, -0.2) is 15.0 Å². The van der Waals surface area contributed by atoms with Crippen LogP contribution in [0, 0.1) is 10.1 Å². The summed E-state index contributed by atoms with van der Waals surface area (Å²) in [5, 5.41) is 16.6. The molecule has 0 aliphatic heterocycles.